The van der Waals surface area contributed by atoms with Crippen LogP contribution in [0.5, 0.6) is 0 Å². The van der Waals surface area contributed by atoms with Crippen LogP contribution in [0.1, 0.15) is 36.5 Å². The summed E-state index contributed by atoms with van der Waals surface area (Å²) in [6.45, 7) is 1.98. The van der Waals surface area contributed by atoms with E-state index in [2.05, 4.69) is 21.2 Å². The molecule has 1 rings (SSSR count). The van der Waals surface area contributed by atoms with Crippen molar-refractivity contribution in [2.24, 2.45) is 0 Å². The van der Waals surface area contributed by atoms with E-state index in [-0.39, 0.29) is 5.91 Å². The van der Waals surface area contributed by atoms with Gasteiger partial charge in [-0.25, -0.2) is 4.79 Å². The lowest BCUT2D eigenvalue weighted by Crippen LogP contribution is -2.40. The van der Waals surface area contributed by atoms with E-state index < -0.39 is 12.0 Å². The maximum atomic E-state index is 11.9. The molecule has 1 aromatic carbocycles. The summed E-state index contributed by atoms with van der Waals surface area (Å²) in [6.07, 6.45) is 2.12. The fourth-order valence-electron chi connectivity index (χ4n) is 1.54. The molecule has 2 N–H and O–H groups in total. The zero-order valence-electron chi connectivity index (χ0n) is 10.1. The Morgan fingerprint density at radius 2 is 2.17 bits per heavy atom. The first-order valence-corrected chi connectivity index (χ1v) is 6.63. The van der Waals surface area contributed by atoms with Gasteiger partial charge in [-0.05, 0) is 24.6 Å². The zero-order valence-corrected chi connectivity index (χ0v) is 11.7. The molecule has 0 bridgehead atoms. The van der Waals surface area contributed by atoms with Gasteiger partial charge >= 0.3 is 5.97 Å². The third kappa shape index (κ3) is 4.49. The van der Waals surface area contributed by atoms with Gasteiger partial charge in [0.05, 0.1) is 0 Å². The molecule has 0 aliphatic carbocycles. The molecule has 98 valence electrons. The van der Waals surface area contributed by atoms with E-state index >= 15 is 0 Å². The topological polar surface area (TPSA) is 66.4 Å². The van der Waals surface area contributed by atoms with Gasteiger partial charge in [0.15, 0.2) is 0 Å². The number of carboxylic acid groups (broad SMARTS) is 1. The third-order valence-electron chi connectivity index (χ3n) is 2.54. The highest BCUT2D eigenvalue weighted by molar-refractivity contribution is 9.10. The summed E-state index contributed by atoms with van der Waals surface area (Å²) in [7, 11) is 0. The average molecular weight is 314 g/mol. The predicted molar refractivity (Wildman–Crippen MR) is 72.6 cm³/mol. The maximum Gasteiger partial charge on any atom is 0.326 e. The van der Waals surface area contributed by atoms with E-state index in [1.165, 1.54) is 0 Å². The Morgan fingerprint density at radius 1 is 1.44 bits per heavy atom. The number of carboxylic acids is 1. The zero-order chi connectivity index (χ0) is 13.5. The van der Waals surface area contributed by atoms with Crippen LogP contribution in [0.4, 0.5) is 0 Å². The Labute approximate surface area is 115 Å². The molecular formula is C13H16BrNO3. The van der Waals surface area contributed by atoms with E-state index in [0.29, 0.717) is 12.0 Å². The lowest BCUT2D eigenvalue weighted by Gasteiger charge is -2.14. The molecule has 4 nitrogen and oxygen atoms in total. The second kappa shape index (κ2) is 7.16. The van der Waals surface area contributed by atoms with Crippen LogP contribution in [-0.4, -0.2) is 23.0 Å². The van der Waals surface area contributed by atoms with Crippen LogP contribution < -0.4 is 5.32 Å². The minimum Gasteiger partial charge on any atom is -0.480 e. The summed E-state index contributed by atoms with van der Waals surface area (Å²) in [5.41, 5.74) is 0.451. The van der Waals surface area contributed by atoms with Gasteiger partial charge < -0.3 is 10.4 Å². The molecule has 1 amide bonds. The number of unbranched alkanes of at least 4 members (excludes halogenated alkanes) is 1. The van der Waals surface area contributed by atoms with Gasteiger partial charge in [-0.1, -0.05) is 41.8 Å². The summed E-state index contributed by atoms with van der Waals surface area (Å²) in [6, 6.07) is 6.03. The normalized spacial score (nSPS) is 11.9. The number of carbonyl (C=O) groups is 2. The molecule has 0 aliphatic heterocycles. The largest absolute Gasteiger partial charge is 0.480 e. The van der Waals surface area contributed by atoms with E-state index in [1.807, 2.05) is 13.0 Å². The number of carbonyl (C=O) groups excluding carboxylic acids is 1. The van der Waals surface area contributed by atoms with Gasteiger partial charge in [0, 0.05) is 10.0 Å². The van der Waals surface area contributed by atoms with Crippen molar-refractivity contribution >= 4 is 27.8 Å². The van der Waals surface area contributed by atoms with Crippen LogP contribution >= 0.6 is 15.9 Å². The molecule has 1 atom stereocenters. The smallest absolute Gasteiger partial charge is 0.326 e. The van der Waals surface area contributed by atoms with Crippen molar-refractivity contribution in [3.63, 3.8) is 0 Å². The lowest BCUT2D eigenvalue weighted by molar-refractivity contribution is -0.139. The van der Waals surface area contributed by atoms with E-state index in [0.717, 1.165) is 17.3 Å². The van der Waals surface area contributed by atoms with Crippen molar-refractivity contribution in [1.29, 1.82) is 0 Å². The lowest BCUT2D eigenvalue weighted by atomic mass is 10.1. The van der Waals surface area contributed by atoms with Crippen molar-refractivity contribution in [2.75, 3.05) is 0 Å². The number of rotatable bonds is 6. The summed E-state index contributed by atoms with van der Waals surface area (Å²) in [4.78, 5) is 22.9. The average Bonchev–Trinajstić information content (AvgIpc) is 2.33. The number of benzene rings is 1. The highest BCUT2D eigenvalue weighted by Gasteiger charge is 2.19. The standard InChI is InChI=1S/C13H16BrNO3/c1-2-3-7-11(13(17)18)15-12(16)9-5-4-6-10(14)8-9/h4-6,8,11H,2-3,7H2,1H3,(H,15,16)(H,17,18)/t11-/m0/s1. The molecule has 0 aromatic heterocycles. The second-order valence-corrected chi connectivity index (χ2v) is 4.93. The number of hydrogen-bond acceptors (Lipinski definition) is 2. The molecule has 0 aliphatic rings. The summed E-state index contributed by atoms with van der Waals surface area (Å²) < 4.78 is 0.788. The van der Waals surface area contributed by atoms with Crippen LogP contribution in [-0.2, 0) is 4.79 Å². The first-order chi connectivity index (χ1) is 8.54. The summed E-state index contributed by atoms with van der Waals surface area (Å²) in [5.74, 6) is -1.36. The highest BCUT2D eigenvalue weighted by Crippen LogP contribution is 2.12. The van der Waals surface area contributed by atoms with Crippen LogP contribution in [0.2, 0.25) is 0 Å². The first kappa shape index (κ1) is 14.7. The number of nitrogens with one attached hydrogen (secondary N) is 1. The molecule has 0 saturated carbocycles. The monoisotopic (exact) mass is 313 g/mol. The summed E-state index contributed by atoms with van der Waals surface area (Å²) >= 11 is 3.27. The molecule has 0 radical (unpaired) electrons. The van der Waals surface area contributed by atoms with Crippen LogP contribution in [0.3, 0.4) is 0 Å². The molecule has 1 aromatic rings. The van der Waals surface area contributed by atoms with E-state index in [9.17, 15) is 9.59 Å². The number of amides is 1. The molecule has 18 heavy (non-hydrogen) atoms. The minimum atomic E-state index is -0.994. The SMILES string of the molecule is CCCC[C@H](NC(=O)c1cccc(Br)c1)C(=O)O. The van der Waals surface area contributed by atoms with Crippen molar-refractivity contribution in [3.8, 4) is 0 Å². The Hall–Kier alpha value is -1.36. The highest BCUT2D eigenvalue weighted by atomic mass is 79.9. The molecule has 0 unspecified atom stereocenters. The Bertz CT molecular complexity index is 434. The van der Waals surface area contributed by atoms with Gasteiger partial charge in [-0.15, -0.1) is 0 Å². The Kier molecular flexibility index (Phi) is 5.85. The van der Waals surface area contributed by atoms with Gasteiger partial charge in [0.25, 0.3) is 5.91 Å². The number of hydrogen-bond donors (Lipinski definition) is 2. The second-order valence-electron chi connectivity index (χ2n) is 4.02. The van der Waals surface area contributed by atoms with Gasteiger partial charge in [-0.2, -0.15) is 0 Å². The van der Waals surface area contributed by atoms with Gasteiger partial charge in [0.1, 0.15) is 6.04 Å². The van der Waals surface area contributed by atoms with Crippen molar-refractivity contribution in [3.05, 3.63) is 34.3 Å². The summed E-state index contributed by atoms with van der Waals surface area (Å²) in [5, 5.41) is 11.6. The molecular weight excluding hydrogens is 298 g/mol. The molecule has 0 heterocycles. The third-order valence-corrected chi connectivity index (χ3v) is 3.03. The molecule has 0 saturated heterocycles. The van der Waals surface area contributed by atoms with Crippen LogP contribution in [0.25, 0.3) is 0 Å². The fraction of sp³-hybridized carbons (Fsp3) is 0.385. The minimum absolute atomic E-state index is 0.361. The number of aliphatic carboxylic acids is 1. The van der Waals surface area contributed by atoms with Crippen molar-refractivity contribution < 1.29 is 14.7 Å². The van der Waals surface area contributed by atoms with Gasteiger partial charge in [-0.3, -0.25) is 4.79 Å². The molecule has 5 heteroatoms. The quantitative estimate of drug-likeness (QED) is 0.848. The Balaban J connectivity index is 2.69. The van der Waals surface area contributed by atoms with E-state index in [4.69, 9.17) is 5.11 Å². The fourth-order valence-corrected chi connectivity index (χ4v) is 1.94. The molecule has 0 fully saturated rings. The van der Waals surface area contributed by atoms with Crippen LogP contribution in [0, 0.1) is 0 Å². The maximum absolute atomic E-state index is 11.9. The van der Waals surface area contributed by atoms with Crippen molar-refractivity contribution in [1.82, 2.24) is 5.32 Å². The van der Waals surface area contributed by atoms with Crippen LogP contribution in [0.15, 0.2) is 28.7 Å². The van der Waals surface area contributed by atoms with Crippen molar-refractivity contribution in [2.45, 2.75) is 32.2 Å². The number of halogens is 1. The predicted octanol–water partition coefficient (Wildman–Crippen LogP) is 2.82. The first-order valence-electron chi connectivity index (χ1n) is 5.83. The molecule has 0 spiro atoms. The Morgan fingerprint density at radius 3 is 2.72 bits per heavy atom. The van der Waals surface area contributed by atoms with E-state index in [1.54, 1.807) is 18.2 Å². The van der Waals surface area contributed by atoms with Gasteiger partial charge in [0.2, 0.25) is 0 Å².